The Labute approximate surface area is 123 Å². The number of aromatic amines is 1. The molecule has 96 valence electrons. The SMILES string of the molecule is Fc1ccc2c(c1)[nH]c(=S)n2Cc1ccccc1Br. The highest BCUT2D eigenvalue weighted by Crippen LogP contribution is 2.21. The van der Waals surface area contributed by atoms with Gasteiger partial charge >= 0.3 is 0 Å². The molecule has 2 aromatic carbocycles. The number of rotatable bonds is 2. The smallest absolute Gasteiger partial charge is 0.178 e. The van der Waals surface area contributed by atoms with Crippen LogP contribution in [0, 0.1) is 10.6 Å². The molecule has 5 heteroatoms. The predicted octanol–water partition coefficient (Wildman–Crippen LogP) is 4.65. The fraction of sp³-hybridized carbons (Fsp3) is 0.0714. The monoisotopic (exact) mass is 336 g/mol. The van der Waals surface area contributed by atoms with E-state index in [-0.39, 0.29) is 5.82 Å². The van der Waals surface area contributed by atoms with Crippen molar-refractivity contribution in [1.82, 2.24) is 9.55 Å². The molecule has 0 aliphatic rings. The molecule has 0 aliphatic carbocycles. The van der Waals surface area contributed by atoms with Crippen LogP contribution in [0.25, 0.3) is 11.0 Å². The van der Waals surface area contributed by atoms with Crippen molar-refractivity contribution in [3.05, 3.63) is 63.1 Å². The molecule has 1 N–H and O–H groups in total. The number of fused-ring (bicyclic) bond motifs is 1. The zero-order valence-electron chi connectivity index (χ0n) is 9.86. The van der Waals surface area contributed by atoms with E-state index in [2.05, 4.69) is 20.9 Å². The van der Waals surface area contributed by atoms with Crippen LogP contribution in [0.4, 0.5) is 4.39 Å². The molecule has 19 heavy (non-hydrogen) atoms. The van der Waals surface area contributed by atoms with Crippen molar-refractivity contribution in [2.45, 2.75) is 6.54 Å². The number of imidazole rings is 1. The topological polar surface area (TPSA) is 20.7 Å². The molecule has 2 nitrogen and oxygen atoms in total. The molecule has 1 aromatic heterocycles. The Morgan fingerprint density at radius 1 is 1.21 bits per heavy atom. The van der Waals surface area contributed by atoms with Gasteiger partial charge in [0.2, 0.25) is 0 Å². The molecule has 0 saturated carbocycles. The Morgan fingerprint density at radius 2 is 2.00 bits per heavy atom. The largest absolute Gasteiger partial charge is 0.330 e. The summed E-state index contributed by atoms with van der Waals surface area (Å²) in [4.78, 5) is 3.03. The molecule has 0 atom stereocenters. The Kier molecular flexibility index (Phi) is 3.24. The van der Waals surface area contributed by atoms with Crippen LogP contribution in [0.15, 0.2) is 46.9 Å². The van der Waals surface area contributed by atoms with Crippen LogP contribution in [0.3, 0.4) is 0 Å². The van der Waals surface area contributed by atoms with Gasteiger partial charge in [-0.05, 0) is 42.0 Å². The van der Waals surface area contributed by atoms with E-state index in [1.54, 1.807) is 6.07 Å². The molecule has 0 radical (unpaired) electrons. The number of hydrogen-bond acceptors (Lipinski definition) is 1. The number of halogens is 2. The first-order valence-electron chi connectivity index (χ1n) is 5.76. The maximum atomic E-state index is 13.2. The van der Waals surface area contributed by atoms with Gasteiger partial charge < -0.3 is 9.55 Å². The first-order valence-corrected chi connectivity index (χ1v) is 6.97. The van der Waals surface area contributed by atoms with Crippen molar-refractivity contribution in [3.8, 4) is 0 Å². The minimum absolute atomic E-state index is 0.267. The van der Waals surface area contributed by atoms with Crippen LogP contribution in [-0.2, 0) is 6.54 Å². The van der Waals surface area contributed by atoms with Crippen molar-refractivity contribution < 1.29 is 4.39 Å². The number of nitrogens with zero attached hydrogens (tertiary/aromatic N) is 1. The van der Waals surface area contributed by atoms with E-state index in [4.69, 9.17) is 12.2 Å². The Bertz CT molecular complexity index is 807. The normalized spacial score (nSPS) is 11.1. The van der Waals surface area contributed by atoms with Gasteiger partial charge in [0.05, 0.1) is 17.6 Å². The van der Waals surface area contributed by atoms with E-state index in [0.29, 0.717) is 11.3 Å². The summed E-state index contributed by atoms with van der Waals surface area (Å²) in [6.07, 6.45) is 0. The highest BCUT2D eigenvalue weighted by atomic mass is 79.9. The second-order valence-electron chi connectivity index (χ2n) is 4.27. The second-order valence-corrected chi connectivity index (χ2v) is 5.51. The summed E-state index contributed by atoms with van der Waals surface area (Å²) in [6, 6.07) is 12.6. The van der Waals surface area contributed by atoms with Gasteiger partial charge in [-0.1, -0.05) is 34.1 Å². The highest BCUT2D eigenvalue weighted by Gasteiger charge is 2.07. The average molecular weight is 337 g/mol. The summed E-state index contributed by atoms with van der Waals surface area (Å²) in [5, 5.41) is 0. The Morgan fingerprint density at radius 3 is 2.79 bits per heavy atom. The fourth-order valence-electron chi connectivity index (χ4n) is 2.09. The third-order valence-electron chi connectivity index (χ3n) is 3.02. The van der Waals surface area contributed by atoms with Crippen LogP contribution < -0.4 is 0 Å². The van der Waals surface area contributed by atoms with Gasteiger partial charge in [-0.2, -0.15) is 0 Å². The first kappa shape index (κ1) is 12.6. The van der Waals surface area contributed by atoms with E-state index < -0.39 is 0 Å². The Hall–Kier alpha value is -1.46. The Balaban J connectivity index is 2.13. The van der Waals surface area contributed by atoms with Crippen molar-refractivity contribution in [3.63, 3.8) is 0 Å². The number of hydrogen-bond donors (Lipinski definition) is 1. The third kappa shape index (κ3) is 2.35. The van der Waals surface area contributed by atoms with Gasteiger partial charge in [0.15, 0.2) is 4.77 Å². The quantitative estimate of drug-likeness (QED) is 0.675. The zero-order chi connectivity index (χ0) is 13.4. The zero-order valence-corrected chi connectivity index (χ0v) is 12.3. The summed E-state index contributed by atoms with van der Waals surface area (Å²) in [7, 11) is 0. The maximum Gasteiger partial charge on any atom is 0.178 e. The van der Waals surface area contributed by atoms with Crippen LogP contribution in [-0.4, -0.2) is 9.55 Å². The number of H-pyrrole nitrogens is 1. The van der Waals surface area contributed by atoms with Gasteiger partial charge in [-0.15, -0.1) is 0 Å². The van der Waals surface area contributed by atoms with E-state index in [9.17, 15) is 4.39 Å². The van der Waals surface area contributed by atoms with Gasteiger partial charge in [0, 0.05) is 4.47 Å². The van der Waals surface area contributed by atoms with Crippen LogP contribution in [0.1, 0.15) is 5.56 Å². The lowest BCUT2D eigenvalue weighted by Gasteiger charge is -2.06. The summed E-state index contributed by atoms with van der Waals surface area (Å²) in [5.41, 5.74) is 2.75. The predicted molar refractivity (Wildman–Crippen MR) is 80.3 cm³/mol. The van der Waals surface area contributed by atoms with Gasteiger partial charge in [0.25, 0.3) is 0 Å². The van der Waals surface area contributed by atoms with E-state index in [1.807, 2.05) is 28.8 Å². The van der Waals surface area contributed by atoms with Crippen LogP contribution in [0.5, 0.6) is 0 Å². The van der Waals surface area contributed by atoms with E-state index in [1.165, 1.54) is 12.1 Å². The number of benzene rings is 2. The minimum Gasteiger partial charge on any atom is -0.330 e. The maximum absolute atomic E-state index is 13.2. The molecule has 0 aliphatic heterocycles. The molecule has 0 bridgehead atoms. The standard InChI is InChI=1S/C14H10BrFN2S/c15-11-4-2-1-3-9(11)8-18-13-6-5-10(16)7-12(13)17-14(18)19/h1-7H,8H2,(H,17,19). The summed E-state index contributed by atoms with van der Waals surface area (Å²) in [5.74, 6) is -0.267. The highest BCUT2D eigenvalue weighted by molar-refractivity contribution is 9.10. The lowest BCUT2D eigenvalue weighted by molar-refractivity contribution is 0.629. The van der Waals surface area contributed by atoms with Crippen molar-refractivity contribution in [1.29, 1.82) is 0 Å². The van der Waals surface area contributed by atoms with Crippen molar-refractivity contribution in [2.75, 3.05) is 0 Å². The molecule has 3 aromatic rings. The summed E-state index contributed by atoms with van der Waals surface area (Å²) in [6.45, 7) is 0.645. The number of aromatic nitrogens is 2. The van der Waals surface area contributed by atoms with Crippen molar-refractivity contribution >= 4 is 39.2 Å². The average Bonchev–Trinajstić information content (AvgIpc) is 2.68. The van der Waals surface area contributed by atoms with Crippen LogP contribution >= 0.6 is 28.1 Å². The first-order chi connectivity index (χ1) is 9.15. The van der Waals surface area contributed by atoms with Gasteiger partial charge in [0.1, 0.15) is 5.82 Å². The molecule has 0 spiro atoms. The lowest BCUT2D eigenvalue weighted by Crippen LogP contribution is -2.00. The van der Waals surface area contributed by atoms with Crippen molar-refractivity contribution in [2.24, 2.45) is 0 Å². The molecule has 1 heterocycles. The van der Waals surface area contributed by atoms with Crippen LogP contribution in [0.2, 0.25) is 0 Å². The molecule has 0 unspecified atom stereocenters. The molecule has 3 rings (SSSR count). The second kappa shape index (κ2) is 4.90. The minimum atomic E-state index is -0.267. The summed E-state index contributed by atoms with van der Waals surface area (Å²) >= 11 is 8.83. The molecule has 0 saturated heterocycles. The van der Waals surface area contributed by atoms with E-state index in [0.717, 1.165) is 21.1 Å². The molecule has 0 amide bonds. The van der Waals surface area contributed by atoms with Gasteiger partial charge in [-0.25, -0.2) is 4.39 Å². The molecular formula is C14H10BrFN2S. The van der Waals surface area contributed by atoms with Gasteiger partial charge in [-0.3, -0.25) is 0 Å². The summed E-state index contributed by atoms with van der Waals surface area (Å²) < 4.78 is 16.8. The molecule has 0 fully saturated rings. The molecular weight excluding hydrogens is 327 g/mol. The fourth-order valence-corrected chi connectivity index (χ4v) is 2.77. The van der Waals surface area contributed by atoms with E-state index >= 15 is 0 Å². The third-order valence-corrected chi connectivity index (χ3v) is 4.12. The lowest BCUT2D eigenvalue weighted by atomic mass is 10.2. The number of nitrogens with one attached hydrogen (secondary N) is 1.